The van der Waals surface area contributed by atoms with Gasteiger partial charge >= 0.3 is 0 Å². The molecule has 0 radical (unpaired) electrons. The molecule has 0 saturated heterocycles. The van der Waals surface area contributed by atoms with Crippen LogP contribution in [0, 0.1) is 6.92 Å². The van der Waals surface area contributed by atoms with E-state index in [-0.39, 0.29) is 6.54 Å². The monoisotopic (exact) mass is 283 g/mol. The highest BCUT2D eigenvalue weighted by molar-refractivity contribution is 6.32. The van der Waals surface area contributed by atoms with Gasteiger partial charge in [-0.05, 0) is 18.6 Å². The summed E-state index contributed by atoms with van der Waals surface area (Å²) in [7, 11) is 3.05. The molecule has 6 nitrogen and oxygen atoms in total. The van der Waals surface area contributed by atoms with Crippen LogP contribution in [0.2, 0.25) is 5.02 Å². The molecule has 102 valence electrons. The van der Waals surface area contributed by atoms with Crippen molar-refractivity contribution >= 4 is 11.6 Å². The van der Waals surface area contributed by atoms with Gasteiger partial charge in [0, 0.05) is 0 Å². The summed E-state index contributed by atoms with van der Waals surface area (Å²) in [6, 6.07) is 1.76. The van der Waals surface area contributed by atoms with Crippen molar-refractivity contribution in [3.8, 4) is 22.9 Å². The number of rotatable bonds is 4. The molecule has 0 saturated carbocycles. The Hall–Kier alpha value is -1.79. The highest BCUT2D eigenvalue weighted by Gasteiger charge is 2.22. The van der Waals surface area contributed by atoms with Gasteiger partial charge in [0.2, 0.25) is 11.7 Å². The van der Waals surface area contributed by atoms with Crippen LogP contribution in [0.1, 0.15) is 11.5 Å². The van der Waals surface area contributed by atoms with Crippen molar-refractivity contribution < 1.29 is 14.0 Å². The van der Waals surface area contributed by atoms with Crippen LogP contribution >= 0.6 is 11.6 Å². The maximum atomic E-state index is 6.12. The van der Waals surface area contributed by atoms with Crippen LogP contribution < -0.4 is 15.2 Å². The average Bonchev–Trinajstić information content (AvgIpc) is 2.86. The number of hydrogen-bond acceptors (Lipinski definition) is 6. The van der Waals surface area contributed by atoms with E-state index in [0.29, 0.717) is 33.8 Å². The van der Waals surface area contributed by atoms with E-state index >= 15 is 0 Å². The molecule has 1 aromatic heterocycles. The lowest BCUT2D eigenvalue weighted by Crippen LogP contribution is -1.99. The fourth-order valence-electron chi connectivity index (χ4n) is 1.83. The summed E-state index contributed by atoms with van der Waals surface area (Å²) < 4.78 is 15.6. The Bertz CT molecular complexity index is 598. The molecule has 2 N–H and O–H groups in total. The molecule has 0 aliphatic rings. The molecule has 19 heavy (non-hydrogen) atoms. The Balaban J connectivity index is 2.67. The van der Waals surface area contributed by atoms with Crippen molar-refractivity contribution in [2.75, 3.05) is 14.2 Å². The minimum Gasteiger partial charge on any atom is -0.492 e. The molecule has 0 unspecified atom stereocenters. The molecule has 0 bridgehead atoms. The van der Waals surface area contributed by atoms with Gasteiger partial charge in [0.15, 0.2) is 11.5 Å². The van der Waals surface area contributed by atoms with Gasteiger partial charge in [-0.15, -0.1) is 0 Å². The second-order valence-electron chi connectivity index (χ2n) is 3.83. The van der Waals surface area contributed by atoms with Crippen LogP contribution in [0.3, 0.4) is 0 Å². The second-order valence-corrected chi connectivity index (χ2v) is 4.24. The second kappa shape index (κ2) is 5.46. The predicted molar refractivity (Wildman–Crippen MR) is 70.5 cm³/mol. The zero-order valence-electron chi connectivity index (χ0n) is 10.9. The summed E-state index contributed by atoms with van der Waals surface area (Å²) in [5.41, 5.74) is 6.98. The number of aromatic nitrogens is 2. The normalized spacial score (nSPS) is 10.6. The van der Waals surface area contributed by atoms with Crippen LogP contribution in [0.25, 0.3) is 11.4 Å². The number of nitrogens with zero attached hydrogens (tertiary/aromatic N) is 2. The molecule has 2 aromatic rings. The van der Waals surface area contributed by atoms with Crippen LogP contribution in [0.15, 0.2) is 10.6 Å². The van der Waals surface area contributed by atoms with Crippen LogP contribution in [0.5, 0.6) is 11.5 Å². The molecular formula is C12H14ClN3O3. The number of ether oxygens (including phenoxy) is 2. The zero-order valence-corrected chi connectivity index (χ0v) is 11.6. The quantitative estimate of drug-likeness (QED) is 0.926. The lowest BCUT2D eigenvalue weighted by Gasteiger charge is -2.14. The summed E-state index contributed by atoms with van der Waals surface area (Å²) in [4.78, 5) is 4.19. The Kier molecular flexibility index (Phi) is 3.92. The first-order chi connectivity index (χ1) is 9.12. The third-order valence-corrected chi connectivity index (χ3v) is 2.94. The first-order valence-corrected chi connectivity index (χ1v) is 5.94. The highest BCUT2D eigenvalue weighted by atomic mass is 35.5. The summed E-state index contributed by atoms with van der Waals surface area (Å²) in [5, 5.41) is 4.35. The van der Waals surface area contributed by atoms with Crippen molar-refractivity contribution in [2.45, 2.75) is 13.5 Å². The Morgan fingerprint density at radius 1 is 1.32 bits per heavy atom. The Morgan fingerprint density at radius 3 is 2.53 bits per heavy atom. The number of hydrogen-bond donors (Lipinski definition) is 1. The van der Waals surface area contributed by atoms with E-state index in [2.05, 4.69) is 10.1 Å². The summed E-state index contributed by atoms with van der Waals surface area (Å²) >= 11 is 6.12. The molecular weight excluding hydrogens is 270 g/mol. The van der Waals surface area contributed by atoms with Crippen molar-refractivity contribution in [2.24, 2.45) is 5.73 Å². The van der Waals surface area contributed by atoms with Gasteiger partial charge < -0.3 is 19.7 Å². The van der Waals surface area contributed by atoms with Crippen molar-refractivity contribution in [3.05, 3.63) is 22.5 Å². The lowest BCUT2D eigenvalue weighted by atomic mass is 10.1. The zero-order chi connectivity index (χ0) is 14.0. The standard InChI is InChI=1S/C12H14ClN3O3/c1-6-4-7(13)10(17-2)11(18-3)9(6)12-15-8(5-14)19-16-12/h4H,5,14H2,1-3H3. The van der Waals surface area contributed by atoms with Gasteiger partial charge in [-0.1, -0.05) is 16.8 Å². The van der Waals surface area contributed by atoms with Crippen molar-refractivity contribution in [3.63, 3.8) is 0 Å². The topological polar surface area (TPSA) is 83.4 Å². The Labute approximate surface area is 115 Å². The minimum absolute atomic E-state index is 0.180. The van der Waals surface area contributed by atoms with Crippen molar-refractivity contribution in [1.29, 1.82) is 0 Å². The van der Waals surface area contributed by atoms with E-state index in [0.717, 1.165) is 5.56 Å². The number of aryl methyl sites for hydroxylation is 1. The fraction of sp³-hybridized carbons (Fsp3) is 0.333. The minimum atomic E-state index is 0.180. The molecule has 7 heteroatoms. The predicted octanol–water partition coefficient (Wildman–Crippen LogP) is 2.17. The summed E-state index contributed by atoms with van der Waals surface area (Å²) in [6.07, 6.45) is 0. The van der Waals surface area contributed by atoms with E-state index in [1.807, 2.05) is 6.92 Å². The van der Waals surface area contributed by atoms with Crippen LogP contribution in [0.4, 0.5) is 0 Å². The molecule has 1 aromatic carbocycles. The molecule has 0 amide bonds. The maximum Gasteiger partial charge on any atom is 0.240 e. The Morgan fingerprint density at radius 2 is 2.00 bits per heavy atom. The van der Waals surface area contributed by atoms with Gasteiger partial charge in [0.05, 0.1) is 31.4 Å². The smallest absolute Gasteiger partial charge is 0.240 e. The first kappa shape index (κ1) is 13.6. The number of nitrogens with two attached hydrogens (primary N) is 1. The largest absolute Gasteiger partial charge is 0.492 e. The van der Waals surface area contributed by atoms with Crippen LogP contribution in [-0.4, -0.2) is 24.4 Å². The van der Waals surface area contributed by atoms with E-state index in [9.17, 15) is 0 Å². The van der Waals surface area contributed by atoms with Gasteiger partial charge in [0.1, 0.15) is 0 Å². The molecule has 0 fully saturated rings. The number of halogens is 1. The van der Waals surface area contributed by atoms with Gasteiger partial charge in [-0.25, -0.2) is 0 Å². The first-order valence-electron chi connectivity index (χ1n) is 5.56. The van der Waals surface area contributed by atoms with Crippen LogP contribution in [-0.2, 0) is 6.54 Å². The third kappa shape index (κ3) is 2.36. The van der Waals surface area contributed by atoms with E-state index in [1.54, 1.807) is 6.07 Å². The molecule has 2 rings (SSSR count). The van der Waals surface area contributed by atoms with Gasteiger partial charge in [-0.3, -0.25) is 0 Å². The highest BCUT2D eigenvalue weighted by Crippen LogP contribution is 2.43. The number of methoxy groups -OCH3 is 2. The van der Waals surface area contributed by atoms with E-state index < -0.39 is 0 Å². The van der Waals surface area contributed by atoms with E-state index in [1.165, 1.54) is 14.2 Å². The van der Waals surface area contributed by atoms with E-state index in [4.69, 9.17) is 31.3 Å². The van der Waals surface area contributed by atoms with Crippen molar-refractivity contribution in [1.82, 2.24) is 10.1 Å². The summed E-state index contributed by atoms with van der Waals surface area (Å²) in [5.74, 6) is 1.65. The SMILES string of the molecule is COc1c(Cl)cc(C)c(-c2noc(CN)n2)c1OC. The molecule has 0 atom stereocenters. The third-order valence-electron chi connectivity index (χ3n) is 2.66. The molecule has 0 spiro atoms. The molecule has 0 aliphatic heterocycles. The average molecular weight is 284 g/mol. The lowest BCUT2D eigenvalue weighted by molar-refractivity contribution is 0.355. The fourth-order valence-corrected chi connectivity index (χ4v) is 2.16. The van der Waals surface area contributed by atoms with Gasteiger partial charge in [-0.2, -0.15) is 4.98 Å². The molecule has 1 heterocycles. The van der Waals surface area contributed by atoms with Gasteiger partial charge in [0.25, 0.3) is 0 Å². The number of benzene rings is 1. The maximum absolute atomic E-state index is 6.12. The molecule has 0 aliphatic carbocycles. The summed E-state index contributed by atoms with van der Waals surface area (Å²) in [6.45, 7) is 2.06.